The third-order valence-electron chi connectivity index (χ3n) is 3.41. The van der Waals surface area contributed by atoms with Crippen molar-refractivity contribution in [2.45, 2.75) is 25.0 Å². The Bertz CT molecular complexity index is 415. The third kappa shape index (κ3) is 2.11. The number of nitrogens with two attached hydrogens (primary N) is 1. The molecule has 0 saturated heterocycles. The van der Waals surface area contributed by atoms with Gasteiger partial charge in [0.15, 0.2) is 11.9 Å². The number of benzene rings is 1. The predicted molar refractivity (Wildman–Crippen MR) is 66.3 cm³/mol. The third-order valence-corrected chi connectivity index (χ3v) is 3.41. The summed E-state index contributed by atoms with van der Waals surface area (Å²) in [7, 11) is 0. The predicted octanol–water partition coefficient (Wildman–Crippen LogP) is 1.67. The minimum Gasteiger partial charge on any atom is -0.485 e. The lowest BCUT2D eigenvalue weighted by Crippen LogP contribution is -2.54. The van der Waals surface area contributed by atoms with Gasteiger partial charge in [-0.05, 0) is 18.1 Å². The fourth-order valence-corrected chi connectivity index (χ4v) is 2.21. The van der Waals surface area contributed by atoms with E-state index in [9.17, 15) is 4.79 Å². The summed E-state index contributed by atoms with van der Waals surface area (Å²) in [5, 5.41) is 0. The van der Waals surface area contributed by atoms with E-state index in [4.69, 9.17) is 10.5 Å². The molecule has 0 amide bonds. The van der Waals surface area contributed by atoms with Crippen LogP contribution in [0.4, 0.5) is 0 Å². The van der Waals surface area contributed by atoms with Crippen molar-refractivity contribution in [2.24, 2.45) is 11.7 Å². The van der Waals surface area contributed by atoms with Crippen LogP contribution in [0.15, 0.2) is 42.7 Å². The first-order valence-electron chi connectivity index (χ1n) is 5.79. The molecule has 17 heavy (non-hydrogen) atoms. The van der Waals surface area contributed by atoms with Crippen LogP contribution in [-0.2, 0) is 16.0 Å². The molecular weight excluding hydrogens is 214 g/mol. The summed E-state index contributed by atoms with van der Waals surface area (Å²) >= 11 is 0. The average molecular weight is 231 g/mol. The summed E-state index contributed by atoms with van der Waals surface area (Å²) in [6, 6.07) is 9.56. The number of carbonyl (C=O) groups is 1. The molecule has 0 bridgehead atoms. The van der Waals surface area contributed by atoms with Gasteiger partial charge in [0.2, 0.25) is 0 Å². The van der Waals surface area contributed by atoms with Gasteiger partial charge in [-0.2, -0.15) is 0 Å². The van der Waals surface area contributed by atoms with E-state index in [1.807, 2.05) is 43.3 Å². The quantitative estimate of drug-likeness (QED) is 0.802. The van der Waals surface area contributed by atoms with E-state index in [2.05, 4.69) is 0 Å². The molecule has 0 spiro atoms. The summed E-state index contributed by atoms with van der Waals surface area (Å²) in [5.41, 5.74) is 6.36. The highest BCUT2D eigenvalue weighted by Gasteiger charge is 2.45. The van der Waals surface area contributed by atoms with Crippen molar-refractivity contribution in [1.29, 1.82) is 0 Å². The Morgan fingerprint density at radius 3 is 2.71 bits per heavy atom. The van der Waals surface area contributed by atoms with Crippen LogP contribution >= 0.6 is 0 Å². The first-order valence-corrected chi connectivity index (χ1v) is 5.79. The second-order valence-electron chi connectivity index (χ2n) is 4.50. The highest BCUT2D eigenvalue weighted by molar-refractivity contribution is 5.66. The van der Waals surface area contributed by atoms with Gasteiger partial charge in [-0.15, -0.1) is 0 Å². The molecule has 3 heteroatoms. The Labute approximate surface area is 101 Å². The largest absolute Gasteiger partial charge is 0.485 e. The Morgan fingerprint density at radius 2 is 2.18 bits per heavy atom. The molecular formula is C14H17NO2. The van der Waals surface area contributed by atoms with E-state index in [1.165, 1.54) is 0 Å². The van der Waals surface area contributed by atoms with Gasteiger partial charge in [-0.25, -0.2) is 0 Å². The molecule has 0 radical (unpaired) electrons. The summed E-state index contributed by atoms with van der Waals surface area (Å²) in [6.07, 6.45) is 4.92. The molecule has 3 atom stereocenters. The zero-order chi connectivity index (χ0) is 12.3. The maximum Gasteiger partial charge on any atom is 0.184 e. The summed E-state index contributed by atoms with van der Waals surface area (Å²) < 4.78 is 5.46. The number of hydrogen-bond acceptors (Lipinski definition) is 3. The van der Waals surface area contributed by atoms with Crippen molar-refractivity contribution < 1.29 is 9.53 Å². The van der Waals surface area contributed by atoms with E-state index in [0.717, 1.165) is 11.8 Å². The molecule has 90 valence electrons. The van der Waals surface area contributed by atoms with Gasteiger partial charge in [0.1, 0.15) is 0 Å². The maximum atomic E-state index is 11.3. The van der Waals surface area contributed by atoms with Crippen LogP contribution in [-0.4, -0.2) is 17.9 Å². The summed E-state index contributed by atoms with van der Waals surface area (Å²) in [5.74, 6) is 0.0127. The lowest BCUT2D eigenvalue weighted by Gasteiger charge is -2.33. The molecule has 0 aliphatic carbocycles. The second-order valence-corrected chi connectivity index (χ2v) is 4.50. The number of rotatable bonds is 4. The molecule has 1 aromatic carbocycles. The highest BCUT2D eigenvalue weighted by atomic mass is 16.5. The van der Waals surface area contributed by atoms with Gasteiger partial charge in [0.05, 0.1) is 12.3 Å². The fourth-order valence-electron chi connectivity index (χ4n) is 2.21. The first kappa shape index (κ1) is 11.9. The van der Waals surface area contributed by atoms with Crippen LogP contribution in [0.3, 0.4) is 0 Å². The maximum absolute atomic E-state index is 11.3. The highest BCUT2D eigenvalue weighted by Crippen LogP contribution is 2.31. The Hall–Kier alpha value is -1.61. The summed E-state index contributed by atoms with van der Waals surface area (Å²) in [6.45, 7) is 1.95. The van der Waals surface area contributed by atoms with Gasteiger partial charge in [0.25, 0.3) is 0 Å². The van der Waals surface area contributed by atoms with Crippen LogP contribution in [0.2, 0.25) is 0 Å². The summed E-state index contributed by atoms with van der Waals surface area (Å²) in [4.78, 5) is 11.3. The second kappa shape index (κ2) is 4.72. The molecule has 1 aliphatic heterocycles. The molecule has 2 rings (SSSR count). The van der Waals surface area contributed by atoms with Crippen molar-refractivity contribution in [3.8, 4) is 0 Å². The lowest BCUT2D eigenvalue weighted by atomic mass is 9.82. The standard InChI is InChI=1S/C14H17NO2/c1-11-7-8-17-14(11,10-16)13(15)9-12-5-3-2-4-6-12/h2-8,10-11,13H,9,15H2,1H3. The Morgan fingerprint density at radius 1 is 1.47 bits per heavy atom. The molecule has 3 nitrogen and oxygen atoms in total. The van der Waals surface area contributed by atoms with Crippen molar-refractivity contribution >= 4 is 6.29 Å². The molecule has 1 heterocycles. The number of hydrogen-bond donors (Lipinski definition) is 1. The van der Waals surface area contributed by atoms with Gasteiger partial charge < -0.3 is 10.5 Å². The molecule has 0 fully saturated rings. The SMILES string of the molecule is CC1C=COC1(C=O)C(N)Cc1ccccc1. The van der Waals surface area contributed by atoms with E-state index < -0.39 is 5.60 Å². The van der Waals surface area contributed by atoms with Crippen molar-refractivity contribution in [1.82, 2.24) is 0 Å². The van der Waals surface area contributed by atoms with E-state index in [1.54, 1.807) is 6.26 Å². The van der Waals surface area contributed by atoms with Crippen molar-refractivity contribution in [3.05, 3.63) is 48.2 Å². The van der Waals surface area contributed by atoms with E-state index >= 15 is 0 Å². The topological polar surface area (TPSA) is 52.3 Å². The number of ether oxygens (including phenoxy) is 1. The molecule has 1 aliphatic rings. The zero-order valence-corrected chi connectivity index (χ0v) is 9.87. The van der Waals surface area contributed by atoms with E-state index in [0.29, 0.717) is 6.42 Å². The monoisotopic (exact) mass is 231 g/mol. The Kier molecular flexibility index (Phi) is 3.29. The lowest BCUT2D eigenvalue weighted by molar-refractivity contribution is -0.128. The molecule has 2 N–H and O–H groups in total. The number of aldehydes is 1. The number of carbonyl (C=O) groups excluding carboxylic acids is 1. The van der Waals surface area contributed by atoms with Crippen molar-refractivity contribution in [2.75, 3.05) is 0 Å². The normalized spacial score (nSPS) is 28.7. The molecule has 1 aromatic rings. The first-order chi connectivity index (χ1) is 8.19. The Balaban J connectivity index is 2.14. The van der Waals surface area contributed by atoms with Crippen LogP contribution in [0.1, 0.15) is 12.5 Å². The minimum absolute atomic E-state index is 0.0127. The van der Waals surface area contributed by atoms with Crippen LogP contribution in [0, 0.1) is 5.92 Å². The molecule has 0 saturated carbocycles. The van der Waals surface area contributed by atoms with Crippen LogP contribution < -0.4 is 5.73 Å². The van der Waals surface area contributed by atoms with Crippen molar-refractivity contribution in [3.63, 3.8) is 0 Å². The van der Waals surface area contributed by atoms with Crippen LogP contribution in [0.5, 0.6) is 0 Å². The van der Waals surface area contributed by atoms with Gasteiger partial charge in [-0.3, -0.25) is 4.79 Å². The molecule has 0 aromatic heterocycles. The van der Waals surface area contributed by atoms with Gasteiger partial charge >= 0.3 is 0 Å². The van der Waals surface area contributed by atoms with Gasteiger partial charge in [0, 0.05) is 5.92 Å². The smallest absolute Gasteiger partial charge is 0.184 e. The zero-order valence-electron chi connectivity index (χ0n) is 9.87. The van der Waals surface area contributed by atoms with Crippen LogP contribution in [0.25, 0.3) is 0 Å². The minimum atomic E-state index is -0.907. The van der Waals surface area contributed by atoms with E-state index in [-0.39, 0.29) is 12.0 Å². The fraction of sp³-hybridized carbons (Fsp3) is 0.357. The molecule has 3 unspecified atom stereocenters. The average Bonchev–Trinajstić information content (AvgIpc) is 2.73. The van der Waals surface area contributed by atoms with Gasteiger partial charge in [-0.1, -0.05) is 37.3 Å².